The van der Waals surface area contributed by atoms with Crippen molar-refractivity contribution in [2.24, 2.45) is 0 Å². The Morgan fingerprint density at radius 3 is 1.69 bits per heavy atom. The number of pyridine rings is 1. The quantitative estimate of drug-likeness (QED) is 0.168. The molecule has 1 aliphatic heterocycles. The highest BCUT2D eigenvalue weighted by molar-refractivity contribution is 6.09. The first-order valence-electron chi connectivity index (χ1n) is 21.0. The molecule has 1 aliphatic rings. The van der Waals surface area contributed by atoms with E-state index < -0.39 is 0 Å². The van der Waals surface area contributed by atoms with Gasteiger partial charge in [-0.1, -0.05) is 132 Å². The highest BCUT2D eigenvalue weighted by Crippen LogP contribution is 2.40. The summed E-state index contributed by atoms with van der Waals surface area (Å²) in [6.45, 7) is 28.2. The van der Waals surface area contributed by atoms with E-state index in [1.807, 2.05) is 12.3 Å². The first-order chi connectivity index (χ1) is 27.7. The number of aromatic nitrogens is 2. The standard InChI is InChI=1S/C54H60N4O/c1-51(2,3)38-22-23-55-50(32-38)58-48-19-14-13-18-46(48)47-21-20-45(34-49(47)58)59-44-17-15-16-42(33-44)56-24-25-57(35-56)43-29-37(28-41(31-43)54(10,11)12)36-26-39(52(4,5)6)30-40(27-36)53(7,8)9/h13-34H,35H2,1-12H3. The number of hydrogen-bond acceptors (Lipinski definition) is 4. The van der Waals surface area contributed by atoms with Crippen LogP contribution in [0.15, 0.2) is 134 Å². The van der Waals surface area contributed by atoms with Crippen molar-refractivity contribution in [1.82, 2.24) is 9.55 Å². The summed E-state index contributed by atoms with van der Waals surface area (Å²) in [7, 11) is 0. The lowest BCUT2D eigenvalue weighted by atomic mass is 9.78. The second-order valence-corrected chi connectivity index (χ2v) is 20.5. The molecular weight excluding hydrogens is 721 g/mol. The maximum Gasteiger partial charge on any atom is 0.137 e. The third-order valence-corrected chi connectivity index (χ3v) is 11.7. The van der Waals surface area contributed by atoms with E-state index in [0.29, 0.717) is 6.67 Å². The summed E-state index contributed by atoms with van der Waals surface area (Å²) in [6.07, 6.45) is 6.29. The van der Waals surface area contributed by atoms with Gasteiger partial charge >= 0.3 is 0 Å². The smallest absolute Gasteiger partial charge is 0.137 e. The molecule has 0 saturated carbocycles. The Kier molecular flexibility index (Phi) is 9.81. The summed E-state index contributed by atoms with van der Waals surface area (Å²) in [5.74, 6) is 2.47. The van der Waals surface area contributed by atoms with Gasteiger partial charge in [-0.2, -0.15) is 0 Å². The zero-order chi connectivity index (χ0) is 42.1. The van der Waals surface area contributed by atoms with E-state index in [1.165, 1.54) is 49.8 Å². The molecule has 0 amide bonds. The molecule has 5 heteroatoms. The van der Waals surface area contributed by atoms with Crippen LogP contribution < -0.4 is 14.5 Å². The summed E-state index contributed by atoms with van der Waals surface area (Å²) >= 11 is 0. The number of para-hydroxylation sites is 1. The van der Waals surface area contributed by atoms with E-state index in [-0.39, 0.29) is 21.7 Å². The second-order valence-electron chi connectivity index (χ2n) is 20.5. The minimum atomic E-state index is -0.0155. The van der Waals surface area contributed by atoms with Crippen LogP contribution in [0, 0.1) is 0 Å². The lowest BCUT2D eigenvalue weighted by molar-refractivity contribution is 0.483. The van der Waals surface area contributed by atoms with Crippen LogP contribution in [0.5, 0.6) is 11.5 Å². The molecule has 0 saturated heterocycles. The molecule has 0 spiro atoms. The van der Waals surface area contributed by atoms with Crippen molar-refractivity contribution in [1.29, 1.82) is 0 Å². The van der Waals surface area contributed by atoms with E-state index in [2.05, 4.69) is 219 Å². The Morgan fingerprint density at radius 1 is 0.458 bits per heavy atom. The Labute approximate surface area is 352 Å². The van der Waals surface area contributed by atoms with E-state index in [0.717, 1.165) is 34.0 Å². The molecule has 2 aromatic heterocycles. The molecular formula is C54H60N4O. The Morgan fingerprint density at radius 2 is 1.03 bits per heavy atom. The van der Waals surface area contributed by atoms with E-state index in [4.69, 9.17) is 9.72 Å². The fourth-order valence-corrected chi connectivity index (χ4v) is 7.92. The molecule has 0 fully saturated rings. The van der Waals surface area contributed by atoms with Gasteiger partial charge in [-0.05, 0) is 110 Å². The normalized spacial score (nSPS) is 13.9. The molecule has 7 aromatic rings. The maximum atomic E-state index is 6.65. The van der Waals surface area contributed by atoms with Gasteiger partial charge < -0.3 is 14.5 Å². The fourth-order valence-electron chi connectivity index (χ4n) is 7.92. The lowest BCUT2D eigenvalue weighted by Gasteiger charge is -2.28. The van der Waals surface area contributed by atoms with Crippen LogP contribution in [0.25, 0.3) is 38.8 Å². The van der Waals surface area contributed by atoms with Crippen LogP contribution in [-0.2, 0) is 21.7 Å². The number of rotatable bonds is 6. The molecule has 0 aliphatic carbocycles. The SMILES string of the molecule is CC(C)(C)c1cc(-c2cc(C(C)(C)C)cc(C(C)(C)C)c2)cc(N2C=CN(c3cccc(Oc4ccc5c6ccccc6n(-c6cc(C(C)(C)C)ccn6)c5c4)c3)C2)c1. The van der Waals surface area contributed by atoms with Gasteiger partial charge in [-0.25, -0.2) is 4.98 Å². The van der Waals surface area contributed by atoms with Gasteiger partial charge in [0.15, 0.2) is 0 Å². The average molecular weight is 781 g/mol. The molecule has 0 unspecified atom stereocenters. The van der Waals surface area contributed by atoms with Crippen molar-refractivity contribution >= 4 is 33.2 Å². The van der Waals surface area contributed by atoms with Gasteiger partial charge in [0.25, 0.3) is 0 Å². The van der Waals surface area contributed by atoms with Gasteiger partial charge in [-0.15, -0.1) is 0 Å². The number of fused-ring (bicyclic) bond motifs is 3. The van der Waals surface area contributed by atoms with Crippen LogP contribution in [0.3, 0.4) is 0 Å². The minimum Gasteiger partial charge on any atom is -0.457 e. The van der Waals surface area contributed by atoms with Gasteiger partial charge in [0.05, 0.1) is 17.7 Å². The topological polar surface area (TPSA) is 33.5 Å². The van der Waals surface area contributed by atoms with Crippen molar-refractivity contribution in [3.63, 3.8) is 0 Å². The molecule has 3 heterocycles. The molecule has 0 bridgehead atoms. The van der Waals surface area contributed by atoms with Gasteiger partial charge in [-0.3, -0.25) is 4.57 Å². The largest absolute Gasteiger partial charge is 0.457 e. The van der Waals surface area contributed by atoms with Crippen molar-refractivity contribution < 1.29 is 4.74 Å². The third kappa shape index (κ3) is 8.13. The molecule has 302 valence electrons. The molecule has 5 nitrogen and oxygen atoms in total. The van der Waals surface area contributed by atoms with E-state index in [9.17, 15) is 0 Å². The van der Waals surface area contributed by atoms with Crippen molar-refractivity contribution in [2.45, 2.75) is 105 Å². The van der Waals surface area contributed by atoms with Crippen molar-refractivity contribution in [3.8, 4) is 28.4 Å². The minimum absolute atomic E-state index is 0.00577. The zero-order valence-corrected chi connectivity index (χ0v) is 37.1. The monoisotopic (exact) mass is 780 g/mol. The van der Waals surface area contributed by atoms with Crippen LogP contribution >= 0.6 is 0 Å². The highest BCUT2D eigenvalue weighted by atomic mass is 16.5. The number of nitrogens with zero attached hydrogens (tertiary/aromatic N) is 4. The van der Waals surface area contributed by atoms with Gasteiger partial charge in [0, 0.05) is 52.9 Å². The first kappa shape index (κ1) is 40.0. The van der Waals surface area contributed by atoms with Crippen LogP contribution in [0.2, 0.25) is 0 Å². The lowest BCUT2D eigenvalue weighted by Crippen LogP contribution is -2.25. The summed E-state index contributed by atoms with van der Waals surface area (Å²) in [5, 5.41) is 2.36. The third-order valence-electron chi connectivity index (χ3n) is 11.7. The van der Waals surface area contributed by atoms with Crippen LogP contribution in [-0.4, -0.2) is 16.2 Å². The zero-order valence-electron chi connectivity index (χ0n) is 37.1. The summed E-state index contributed by atoms with van der Waals surface area (Å²) < 4.78 is 8.91. The van der Waals surface area contributed by atoms with Gasteiger partial charge in [0.2, 0.25) is 0 Å². The Hall–Kier alpha value is -5.81. The van der Waals surface area contributed by atoms with Crippen molar-refractivity contribution in [2.75, 3.05) is 16.5 Å². The van der Waals surface area contributed by atoms with E-state index in [1.54, 1.807) is 0 Å². The number of ether oxygens (including phenoxy) is 1. The van der Waals surface area contributed by atoms with E-state index >= 15 is 0 Å². The molecule has 0 N–H and O–H groups in total. The van der Waals surface area contributed by atoms with Crippen LogP contribution in [0.1, 0.15) is 105 Å². The number of hydrogen-bond donors (Lipinski definition) is 0. The predicted molar refractivity (Wildman–Crippen MR) is 251 cm³/mol. The summed E-state index contributed by atoms with van der Waals surface area (Å²) in [6, 6.07) is 42.0. The average Bonchev–Trinajstić information content (AvgIpc) is 3.80. The number of anilines is 2. The Balaban J connectivity index is 1.09. The molecule has 0 atom stereocenters. The summed E-state index contributed by atoms with van der Waals surface area (Å²) in [4.78, 5) is 9.49. The maximum absolute atomic E-state index is 6.65. The fraction of sp³-hybridized carbons (Fsp3) is 0.315. The molecule has 0 radical (unpaired) electrons. The summed E-state index contributed by atoms with van der Waals surface area (Å²) in [5.41, 5.74) is 12.3. The molecule has 5 aromatic carbocycles. The second kappa shape index (κ2) is 14.5. The molecule has 8 rings (SSSR count). The van der Waals surface area contributed by atoms with Crippen molar-refractivity contribution in [3.05, 3.63) is 156 Å². The highest BCUT2D eigenvalue weighted by Gasteiger charge is 2.25. The van der Waals surface area contributed by atoms with Crippen LogP contribution in [0.4, 0.5) is 11.4 Å². The van der Waals surface area contributed by atoms with Gasteiger partial charge in [0.1, 0.15) is 17.3 Å². The predicted octanol–water partition coefficient (Wildman–Crippen LogP) is 14.6. The first-order valence-corrected chi connectivity index (χ1v) is 21.0. The number of benzene rings is 5. The Bertz CT molecular complexity index is 2690. The molecule has 59 heavy (non-hydrogen) atoms.